The summed E-state index contributed by atoms with van der Waals surface area (Å²) in [5, 5.41) is 20.0. The summed E-state index contributed by atoms with van der Waals surface area (Å²) in [4.78, 5) is 25.2. The molecule has 1 aromatic heterocycles. The lowest BCUT2D eigenvalue weighted by atomic mass is 10.0. The van der Waals surface area contributed by atoms with Crippen molar-refractivity contribution < 1.29 is 9.59 Å². The van der Waals surface area contributed by atoms with Gasteiger partial charge in [0.25, 0.3) is 0 Å². The summed E-state index contributed by atoms with van der Waals surface area (Å²) in [6.07, 6.45) is 3.59. The highest BCUT2D eigenvalue weighted by Crippen LogP contribution is 2.27. The van der Waals surface area contributed by atoms with Gasteiger partial charge in [0, 0.05) is 16.8 Å². The second-order valence-electron chi connectivity index (χ2n) is 7.33. The van der Waals surface area contributed by atoms with Crippen molar-refractivity contribution in [2.75, 3.05) is 11.9 Å². The Bertz CT molecular complexity index is 1130. The lowest BCUT2D eigenvalue weighted by Gasteiger charge is -2.18. The van der Waals surface area contributed by atoms with Crippen LogP contribution in [0.25, 0.3) is 10.1 Å². The fraction of sp³-hybridized carbons (Fsp3) is 0.261. The number of hydrogen-bond donors (Lipinski definition) is 3. The Morgan fingerprint density at radius 3 is 2.83 bits per heavy atom. The van der Waals surface area contributed by atoms with E-state index in [0.29, 0.717) is 12.1 Å². The van der Waals surface area contributed by atoms with Gasteiger partial charge in [-0.1, -0.05) is 24.3 Å². The number of thiophene rings is 1. The monoisotopic (exact) mass is 418 g/mol. The number of carbonyl (C=O) groups is 2. The minimum absolute atomic E-state index is 0.103. The van der Waals surface area contributed by atoms with E-state index in [1.807, 2.05) is 53.9 Å². The molecule has 3 N–H and O–H groups in total. The molecule has 152 valence electrons. The summed E-state index contributed by atoms with van der Waals surface area (Å²) in [6, 6.07) is 14.6. The molecule has 30 heavy (non-hydrogen) atoms. The quantitative estimate of drug-likeness (QED) is 0.532. The van der Waals surface area contributed by atoms with E-state index in [-0.39, 0.29) is 12.5 Å². The van der Waals surface area contributed by atoms with Crippen LogP contribution in [0.5, 0.6) is 0 Å². The predicted octanol–water partition coefficient (Wildman–Crippen LogP) is 3.76. The van der Waals surface area contributed by atoms with Crippen LogP contribution in [0.3, 0.4) is 0 Å². The van der Waals surface area contributed by atoms with Gasteiger partial charge in [0.05, 0.1) is 6.07 Å². The van der Waals surface area contributed by atoms with Crippen molar-refractivity contribution in [1.82, 2.24) is 10.6 Å². The Balaban J connectivity index is 1.48. The molecule has 0 spiro atoms. The second kappa shape index (κ2) is 8.97. The Morgan fingerprint density at radius 1 is 1.13 bits per heavy atom. The molecule has 0 radical (unpaired) electrons. The minimum atomic E-state index is -0.786. The Morgan fingerprint density at radius 2 is 1.97 bits per heavy atom. The number of benzene rings is 2. The lowest BCUT2D eigenvalue weighted by Crippen LogP contribution is -2.49. The molecule has 1 aliphatic rings. The van der Waals surface area contributed by atoms with Crippen LogP contribution in [0.1, 0.15) is 23.1 Å². The summed E-state index contributed by atoms with van der Waals surface area (Å²) in [7, 11) is 0. The topological polar surface area (TPSA) is 94.0 Å². The first-order valence-corrected chi connectivity index (χ1v) is 10.8. The lowest BCUT2D eigenvalue weighted by molar-refractivity contribution is -0.122. The number of nitriles is 1. The third-order valence-electron chi connectivity index (χ3n) is 5.31. The number of nitrogens with one attached hydrogen (secondary N) is 3. The van der Waals surface area contributed by atoms with E-state index in [1.165, 1.54) is 11.1 Å². The van der Waals surface area contributed by atoms with E-state index in [0.717, 1.165) is 34.9 Å². The summed E-state index contributed by atoms with van der Waals surface area (Å²) in [5.41, 5.74) is 4.30. The van der Waals surface area contributed by atoms with E-state index in [4.69, 9.17) is 5.26 Å². The van der Waals surface area contributed by atoms with Crippen LogP contribution in [0.2, 0.25) is 0 Å². The number of nitrogens with zero attached hydrogens (tertiary/aromatic N) is 1. The van der Waals surface area contributed by atoms with Crippen molar-refractivity contribution in [3.05, 3.63) is 64.5 Å². The standard InChI is InChI=1S/C23H22N4O2S/c24-10-11-25-22(28)20(13-17-14-30-21-7-2-1-6-19(17)21)27-23(29)26-18-9-8-15-4-3-5-16(15)12-18/h1-2,6-9,12,14,20H,3-5,11,13H2,(H,25,28)(H2,26,27,29). The van der Waals surface area contributed by atoms with Gasteiger partial charge in [-0.25, -0.2) is 4.79 Å². The number of carbonyl (C=O) groups excluding carboxylic acids is 2. The number of rotatable bonds is 6. The molecule has 0 fully saturated rings. The molecular weight excluding hydrogens is 396 g/mol. The van der Waals surface area contributed by atoms with Crippen LogP contribution < -0.4 is 16.0 Å². The summed E-state index contributed by atoms with van der Waals surface area (Å²) in [5.74, 6) is -0.379. The van der Waals surface area contributed by atoms with Gasteiger partial charge in [-0.05, 0) is 64.9 Å². The molecule has 1 aliphatic carbocycles. The van der Waals surface area contributed by atoms with E-state index in [2.05, 4.69) is 16.0 Å². The maximum absolute atomic E-state index is 12.6. The maximum Gasteiger partial charge on any atom is 0.319 e. The molecule has 6 nitrogen and oxygen atoms in total. The average Bonchev–Trinajstić information content (AvgIpc) is 3.38. The molecule has 0 aliphatic heterocycles. The highest BCUT2D eigenvalue weighted by atomic mass is 32.1. The number of fused-ring (bicyclic) bond motifs is 2. The largest absolute Gasteiger partial charge is 0.341 e. The van der Waals surface area contributed by atoms with Gasteiger partial charge in [-0.2, -0.15) is 5.26 Å². The molecule has 1 heterocycles. The highest BCUT2D eigenvalue weighted by molar-refractivity contribution is 7.17. The molecule has 7 heteroatoms. The zero-order chi connectivity index (χ0) is 20.9. The van der Waals surface area contributed by atoms with Crippen molar-refractivity contribution in [3.8, 4) is 6.07 Å². The second-order valence-corrected chi connectivity index (χ2v) is 8.24. The first-order chi connectivity index (χ1) is 14.6. The zero-order valence-corrected chi connectivity index (χ0v) is 17.2. The van der Waals surface area contributed by atoms with Gasteiger partial charge in [0.2, 0.25) is 5.91 Å². The predicted molar refractivity (Wildman–Crippen MR) is 119 cm³/mol. The van der Waals surface area contributed by atoms with E-state index in [9.17, 15) is 9.59 Å². The molecule has 0 bridgehead atoms. The molecule has 0 saturated carbocycles. The summed E-state index contributed by atoms with van der Waals surface area (Å²) >= 11 is 1.61. The van der Waals surface area contributed by atoms with Crippen molar-refractivity contribution in [2.45, 2.75) is 31.7 Å². The normalized spacial score (nSPS) is 13.3. The van der Waals surface area contributed by atoms with Crippen LogP contribution in [-0.4, -0.2) is 24.5 Å². The van der Waals surface area contributed by atoms with Crippen molar-refractivity contribution in [3.63, 3.8) is 0 Å². The molecule has 3 aromatic rings. The van der Waals surface area contributed by atoms with Gasteiger partial charge >= 0.3 is 6.03 Å². The molecule has 1 unspecified atom stereocenters. The number of anilines is 1. The fourth-order valence-corrected chi connectivity index (χ4v) is 4.82. The van der Waals surface area contributed by atoms with E-state index < -0.39 is 12.1 Å². The molecule has 1 atom stereocenters. The van der Waals surface area contributed by atoms with Crippen LogP contribution in [0, 0.1) is 11.3 Å². The van der Waals surface area contributed by atoms with E-state index >= 15 is 0 Å². The number of urea groups is 1. The van der Waals surface area contributed by atoms with Gasteiger partial charge in [-0.15, -0.1) is 11.3 Å². The van der Waals surface area contributed by atoms with Gasteiger partial charge in [0.1, 0.15) is 12.6 Å². The summed E-state index contributed by atoms with van der Waals surface area (Å²) in [6.45, 7) is -0.103. The molecule has 0 saturated heterocycles. The Kier molecular flexibility index (Phi) is 5.96. The third-order valence-corrected chi connectivity index (χ3v) is 6.32. The average molecular weight is 419 g/mol. The van der Waals surface area contributed by atoms with Gasteiger partial charge in [0.15, 0.2) is 0 Å². The van der Waals surface area contributed by atoms with Crippen LogP contribution in [0.15, 0.2) is 47.8 Å². The maximum atomic E-state index is 12.6. The third kappa shape index (κ3) is 4.44. The van der Waals surface area contributed by atoms with Crippen LogP contribution in [-0.2, 0) is 24.1 Å². The van der Waals surface area contributed by atoms with Crippen LogP contribution >= 0.6 is 11.3 Å². The smallest absolute Gasteiger partial charge is 0.319 e. The number of aryl methyl sites for hydroxylation is 2. The SMILES string of the molecule is N#CCNC(=O)C(Cc1csc2ccccc12)NC(=O)Nc1ccc2c(c1)CCC2. The van der Waals surface area contributed by atoms with Crippen molar-refractivity contribution >= 4 is 39.0 Å². The first-order valence-electron chi connectivity index (χ1n) is 9.93. The van der Waals surface area contributed by atoms with Crippen LogP contribution in [0.4, 0.5) is 10.5 Å². The summed E-state index contributed by atoms with van der Waals surface area (Å²) < 4.78 is 1.13. The van der Waals surface area contributed by atoms with Crippen molar-refractivity contribution in [2.24, 2.45) is 0 Å². The fourth-order valence-electron chi connectivity index (χ4n) is 3.84. The molecular formula is C23H22N4O2S. The van der Waals surface area contributed by atoms with Gasteiger partial charge < -0.3 is 16.0 Å². The van der Waals surface area contributed by atoms with Crippen molar-refractivity contribution in [1.29, 1.82) is 5.26 Å². The van der Waals surface area contributed by atoms with Gasteiger partial charge in [-0.3, -0.25) is 4.79 Å². The Hall–Kier alpha value is -3.37. The highest BCUT2D eigenvalue weighted by Gasteiger charge is 2.23. The number of hydrogen-bond acceptors (Lipinski definition) is 4. The molecule has 2 aromatic carbocycles. The number of amides is 3. The Labute approximate surface area is 178 Å². The molecule has 4 rings (SSSR count). The van der Waals surface area contributed by atoms with E-state index in [1.54, 1.807) is 11.3 Å². The minimum Gasteiger partial charge on any atom is -0.341 e. The molecule has 3 amide bonds. The first kappa shape index (κ1) is 19.9. The zero-order valence-electron chi connectivity index (χ0n) is 16.4.